The third kappa shape index (κ3) is 2.83. The zero-order valence-electron chi connectivity index (χ0n) is 15.7. The minimum atomic E-state index is 0.164. The van der Waals surface area contributed by atoms with Gasteiger partial charge in [0.25, 0.3) is 0 Å². The number of hydrogen-bond acceptors (Lipinski definition) is 4. The van der Waals surface area contributed by atoms with E-state index in [9.17, 15) is 4.79 Å². The summed E-state index contributed by atoms with van der Waals surface area (Å²) in [5, 5.41) is 3.25. The van der Waals surface area contributed by atoms with Crippen LogP contribution >= 0.6 is 0 Å². The maximum absolute atomic E-state index is 12.6. The molecule has 0 aromatic carbocycles. The van der Waals surface area contributed by atoms with Crippen molar-refractivity contribution >= 4 is 11.8 Å². The predicted molar refractivity (Wildman–Crippen MR) is 100 cm³/mol. The highest BCUT2D eigenvalue weighted by molar-refractivity contribution is 5.75. The van der Waals surface area contributed by atoms with Crippen molar-refractivity contribution in [1.82, 2.24) is 20.2 Å². The van der Waals surface area contributed by atoms with Gasteiger partial charge in [-0.2, -0.15) is 0 Å². The van der Waals surface area contributed by atoms with E-state index >= 15 is 0 Å². The van der Waals surface area contributed by atoms with Crippen LogP contribution in [-0.4, -0.2) is 53.1 Å². The summed E-state index contributed by atoms with van der Waals surface area (Å²) in [4.78, 5) is 26.5. The van der Waals surface area contributed by atoms with Gasteiger partial charge in [0.15, 0.2) is 0 Å². The maximum atomic E-state index is 12.6. The molecule has 2 amide bonds. The molecule has 3 fully saturated rings. The molecule has 0 bridgehead atoms. The quantitative estimate of drug-likeness (QED) is 0.884. The fourth-order valence-corrected chi connectivity index (χ4v) is 5.46. The van der Waals surface area contributed by atoms with Crippen molar-refractivity contribution in [3.63, 3.8) is 0 Å². The van der Waals surface area contributed by atoms with Crippen LogP contribution in [0, 0.1) is 18.8 Å². The summed E-state index contributed by atoms with van der Waals surface area (Å²) in [6.07, 6.45) is 8.24. The Balaban J connectivity index is 1.24. The standard InChI is InChI=1S/C20H29N5O/c1-13-21-18-8-4-7-17(18)19(22-13)24-9-14-11-25(12-15(14)10-24)20(26)23-16-5-2-3-6-16/h14-16H,2-12H2,1H3,(H,23,26). The number of hydrogen-bond donors (Lipinski definition) is 1. The van der Waals surface area contributed by atoms with Crippen LogP contribution in [0.3, 0.4) is 0 Å². The molecule has 2 aliphatic carbocycles. The molecule has 2 unspecified atom stereocenters. The number of carbonyl (C=O) groups is 1. The lowest BCUT2D eigenvalue weighted by Gasteiger charge is -2.25. The van der Waals surface area contributed by atoms with Crippen molar-refractivity contribution in [1.29, 1.82) is 0 Å². The van der Waals surface area contributed by atoms with Gasteiger partial charge >= 0.3 is 6.03 Å². The molecule has 1 aromatic rings. The number of aromatic nitrogens is 2. The predicted octanol–water partition coefficient (Wildman–Crippen LogP) is 2.29. The molecule has 0 radical (unpaired) electrons. The molecule has 0 spiro atoms. The van der Waals surface area contributed by atoms with Crippen LogP contribution < -0.4 is 10.2 Å². The van der Waals surface area contributed by atoms with Crippen molar-refractivity contribution in [2.75, 3.05) is 31.1 Å². The normalized spacial score (nSPS) is 27.9. The van der Waals surface area contributed by atoms with Crippen molar-refractivity contribution in [2.45, 2.75) is 57.9 Å². The lowest BCUT2D eigenvalue weighted by atomic mass is 10.0. The number of carbonyl (C=O) groups excluding carboxylic acids is 1. The van der Waals surface area contributed by atoms with Gasteiger partial charge in [-0.25, -0.2) is 14.8 Å². The van der Waals surface area contributed by atoms with Crippen LogP contribution in [-0.2, 0) is 12.8 Å². The average Bonchev–Trinajstić information content (AvgIpc) is 3.37. The summed E-state index contributed by atoms with van der Waals surface area (Å²) in [5.41, 5.74) is 2.65. The fraction of sp³-hybridized carbons (Fsp3) is 0.750. The van der Waals surface area contributed by atoms with Crippen LogP contribution in [0.25, 0.3) is 0 Å². The van der Waals surface area contributed by atoms with E-state index in [1.54, 1.807) is 0 Å². The maximum Gasteiger partial charge on any atom is 0.317 e. The minimum absolute atomic E-state index is 0.164. The zero-order valence-corrected chi connectivity index (χ0v) is 15.7. The van der Waals surface area contributed by atoms with Crippen molar-refractivity contribution in [3.05, 3.63) is 17.1 Å². The summed E-state index contributed by atoms with van der Waals surface area (Å²) in [5.74, 6) is 3.24. The monoisotopic (exact) mass is 355 g/mol. The summed E-state index contributed by atoms with van der Waals surface area (Å²) in [6, 6.07) is 0.572. The van der Waals surface area contributed by atoms with Crippen LogP contribution in [0.1, 0.15) is 49.2 Å². The number of amides is 2. The van der Waals surface area contributed by atoms with Gasteiger partial charge in [0.05, 0.1) is 0 Å². The van der Waals surface area contributed by atoms with Gasteiger partial charge in [-0.3, -0.25) is 0 Å². The first-order chi connectivity index (χ1) is 12.7. The molecule has 26 heavy (non-hydrogen) atoms. The number of likely N-dealkylation sites (tertiary alicyclic amines) is 1. The van der Waals surface area contributed by atoms with Crippen molar-refractivity contribution in [3.8, 4) is 0 Å². The molecule has 6 nitrogen and oxygen atoms in total. The lowest BCUT2D eigenvalue weighted by molar-refractivity contribution is 0.201. The topological polar surface area (TPSA) is 61.4 Å². The number of anilines is 1. The number of nitrogens with one attached hydrogen (secondary N) is 1. The second kappa shape index (κ2) is 6.39. The van der Waals surface area contributed by atoms with Crippen molar-refractivity contribution in [2.24, 2.45) is 11.8 Å². The summed E-state index contributed by atoms with van der Waals surface area (Å²) in [7, 11) is 0. The minimum Gasteiger partial charge on any atom is -0.356 e. The largest absolute Gasteiger partial charge is 0.356 e. The highest BCUT2D eigenvalue weighted by atomic mass is 16.2. The Morgan fingerprint density at radius 2 is 1.73 bits per heavy atom. The molecule has 5 rings (SSSR count). The van der Waals surface area contributed by atoms with Gasteiger partial charge in [0, 0.05) is 55.3 Å². The van der Waals surface area contributed by atoms with Gasteiger partial charge in [-0.05, 0) is 39.0 Å². The number of fused-ring (bicyclic) bond motifs is 2. The summed E-state index contributed by atoms with van der Waals surface area (Å²) < 4.78 is 0. The van der Waals surface area contributed by atoms with Crippen LogP contribution in [0.5, 0.6) is 0 Å². The zero-order chi connectivity index (χ0) is 17.7. The fourth-order valence-electron chi connectivity index (χ4n) is 5.46. The molecule has 1 N–H and O–H groups in total. The first-order valence-corrected chi connectivity index (χ1v) is 10.3. The molecular formula is C20H29N5O. The Hall–Kier alpha value is -1.85. The number of aryl methyl sites for hydroxylation is 2. The van der Waals surface area contributed by atoms with E-state index in [0.717, 1.165) is 57.7 Å². The van der Waals surface area contributed by atoms with Crippen LogP contribution in [0.15, 0.2) is 0 Å². The van der Waals surface area contributed by atoms with Gasteiger partial charge in [-0.15, -0.1) is 0 Å². The van der Waals surface area contributed by atoms with Gasteiger partial charge in [-0.1, -0.05) is 12.8 Å². The van der Waals surface area contributed by atoms with E-state index in [1.165, 1.54) is 36.3 Å². The van der Waals surface area contributed by atoms with Crippen molar-refractivity contribution < 1.29 is 4.79 Å². The molecule has 4 aliphatic rings. The Kier molecular flexibility index (Phi) is 4.02. The summed E-state index contributed by atoms with van der Waals surface area (Å²) >= 11 is 0. The molecule has 2 atom stereocenters. The third-order valence-corrected chi connectivity index (χ3v) is 6.78. The molecule has 140 valence electrons. The van der Waals surface area contributed by atoms with Crippen LogP contribution in [0.2, 0.25) is 0 Å². The molecular weight excluding hydrogens is 326 g/mol. The highest BCUT2D eigenvalue weighted by Crippen LogP contribution is 2.37. The highest BCUT2D eigenvalue weighted by Gasteiger charge is 2.43. The Labute approximate surface area is 155 Å². The average molecular weight is 355 g/mol. The van der Waals surface area contributed by atoms with Gasteiger partial charge in [0.1, 0.15) is 11.6 Å². The molecule has 6 heteroatoms. The SMILES string of the molecule is Cc1nc2c(c(N3CC4CN(C(=O)NC5CCCC5)CC4C3)n1)CCC2. The molecule has 1 saturated carbocycles. The van der Waals surface area contributed by atoms with E-state index in [4.69, 9.17) is 4.98 Å². The van der Waals surface area contributed by atoms with Gasteiger partial charge < -0.3 is 15.1 Å². The summed E-state index contributed by atoms with van der Waals surface area (Å²) in [6.45, 7) is 5.85. The molecule has 2 saturated heterocycles. The molecule has 2 aliphatic heterocycles. The second-order valence-electron chi connectivity index (χ2n) is 8.63. The number of urea groups is 1. The van der Waals surface area contributed by atoms with E-state index in [2.05, 4.69) is 20.1 Å². The van der Waals surface area contributed by atoms with E-state index in [0.29, 0.717) is 17.9 Å². The van der Waals surface area contributed by atoms with E-state index in [1.807, 2.05) is 6.92 Å². The first kappa shape index (κ1) is 16.3. The lowest BCUT2D eigenvalue weighted by Crippen LogP contribution is -2.44. The number of nitrogens with zero attached hydrogens (tertiary/aromatic N) is 4. The second-order valence-corrected chi connectivity index (χ2v) is 8.63. The Morgan fingerprint density at radius 1 is 1.00 bits per heavy atom. The molecule has 3 heterocycles. The Bertz CT molecular complexity index is 700. The van der Waals surface area contributed by atoms with E-state index in [-0.39, 0.29) is 6.03 Å². The number of rotatable bonds is 2. The van der Waals surface area contributed by atoms with Crippen LogP contribution in [0.4, 0.5) is 10.6 Å². The third-order valence-electron chi connectivity index (χ3n) is 6.78. The van der Waals surface area contributed by atoms with E-state index < -0.39 is 0 Å². The smallest absolute Gasteiger partial charge is 0.317 e. The first-order valence-electron chi connectivity index (χ1n) is 10.3. The van der Waals surface area contributed by atoms with Gasteiger partial charge in [0.2, 0.25) is 0 Å². The molecule has 1 aromatic heterocycles. The Morgan fingerprint density at radius 3 is 2.46 bits per heavy atom.